The Morgan fingerprint density at radius 3 is 2.33 bits per heavy atom. The van der Waals surface area contributed by atoms with E-state index in [1.807, 2.05) is 36.4 Å². The van der Waals surface area contributed by atoms with Gasteiger partial charge in [0.15, 0.2) is 5.34 Å². The molecule has 78 valence electrons. The maximum Gasteiger partial charge on any atom is 0.152 e. The maximum absolute atomic E-state index is 8.11. The van der Waals surface area contributed by atoms with Gasteiger partial charge in [-0.1, -0.05) is 30.3 Å². The SMILES string of the molecule is Nc1ccc2ccccc2c1N.O=NO. The largest absolute Gasteiger partial charge is 0.397 e. The molecule has 0 heterocycles. The van der Waals surface area contributed by atoms with Crippen LogP contribution in [0.25, 0.3) is 10.8 Å². The van der Waals surface area contributed by atoms with Crippen LogP contribution in [0, 0.1) is 4.91 Å². The molecular formula is C10H11N3O2. The second kappa shape index (κ2) is 4.80. The Bertz CT molecular complexity index is 471. The quantitative estimate of drug-likeness (QED) is 0.348. The van der Waals surface area contributed by atoms with Crippen molar-refractivity contribution in [3.05, 3.63) is 41.3 Å². The lowest BCUT2D eigenvalue weighted by Crippen LogP contribution is -1.94. The highest BCUT2D eigenvalue weighted by molar-refractivity contribution is 5.98. The molecule has 2 rings (SSSR count). The van der Waals surface area contributed by atoms with Crippen molar-refractivity contribution in [2.75, 3.05) is 11.5 Å². The molecule has 0 bridgehead atoms. The van der Waals surface area contributed by atoms with Crippen LogP contribution in [0.1, 0.15) is 0 Å². The zero-order chi connectivity index (χ0) is 11.3. The van der Waals surface area contributed by atoms with Crippen molar-refractivity contribution in [1.29, 1.82) is 0 Å². The summed E-state index contributed by atoms with van der Waals surface area (Å²) in [5, 5.41) is 10.0. The third-order valence-corrected chi connectivity index (χ3v) is 2.00. The summed E-state index contributed by atoms with van der Waals surface area (Å²) in [7, 11) is 0. The second-order valence-corrected chi connectivity index (χ2v) is 2.87. The minimum Gasteiger partial charge on any atom is -0.397 e. The molecule has 0 saturated heterocycles. The molecule has 0 aliphatic heterocycles. The molecule has 2 aromatic rings. The van der Waals surface area contributed by atoms with Crippen LogP contribution >= 0.6 is 0 Å². The van der Waals surface area contributed by atoms with Crippen LogP contribution < -0.4 is 11.5 Å². The van der Waals surface area contributed by atoms with E-state index in [0.29, 0.717) is 11.4 Å². The van der Waals surface area contributed by atoms with Crippen molar-refractivity contribution in [1.82, 2.24) is 0 Å². The standard InChI is InChI=1S/C10H10N2.HNO2/c11-9-6-5-7-3-1-2-4-8(7)10(9)12;2-1-3/h1-6H,11-12H2;(H,2,3). The average molecular weight is 205 g/mol. The van der Waals surface area contributed by atoms with Gasteiger partial charge in [-0.05, 0) is 11.5 Å². The van der Waals surface area contributed by atoms with Gasteiger partial charge in [0.2, 0.25) is 0 Å². The van der Waals surface area contributed by atoms with Crippen molar-refractivity contribution in [2.24, 2.45) is 5.34 Å². The zero-order valence-corrected chi connectivity index (χ0v) is 7.92. The van der Waals surface area contributed by atoms with Crippen molar-refractivity contribution in [3.8, 4) is 0 Å². The summed E-state index contributed by atoms with van der Waals surface area (Å²) in [6.07, 6.45) is 0. The summed E-state index contributed by atoms with van der Waals surface area (Å²) >= 11 is 0. The van der Waals surface area contributed by atoms with Crippen LogP contribution in [0.15, 0.2) is 41.7 Å². The molecule has 15 heavy (non-hydrogen) atoms. The molecule has 5 N–H and O–H groups in total. The summed E-state index contributed by atoms with van der Waals surface area (Å²) in [4.78, 5) is 8.11. The zero-order valence-electron chi connectivity index (χ0n) is 7.92. The van der Waals surface area contributed by atoms with Crippen LogP contribution in [-0.4, -0.2) is 5.21 Å². The van der Waals surface area contributed by atoms with Crippen LogP contribution in [0.5, 0.6) is 0 Å². The average Bonchev–Trinajstić information content (AvgIpc) is 2.25. The van der Waals surface area contributed by atoms with Crippen LogP contribution in [0.4, 0.5) is 11.4 Å². The van der Waals surface area contributed by atoms with Gasteiger partial charge in [-0.15, -0.1) is 4.91 Å². The van der Waals surface area contributed by atoms with E-state index in [2.05, 4.69) is 0 Å². The molecule has 0 aliphatic rings. The van der Waals surface area contributed by atoms with Crippen LogP contribution in [0.2, 0.25) is 0 Å². The molecule has 0 atom stereocenters. The Hall–Kier alpha value is -2.30. The van der Waals surface area contributed by atoms with E-state index in [1.54, 1.807) is 0 Å². The first-order valence-electron chi connectivity index (χ1n) is 4.20. The molecule has 0 fully saturated rings. The molecule has 5 nitrogen and oxygen atoms in total. The number of nitrogens with two attached hydrogens (primary N) is 2. The van der Waals surface area contributed by atoms with Crippen molar-refractivity contribution in [2.45, 2.75) is 0 Å². The molecule has 0 aromatic heterocycles. The number of hydrogen-bond acceptors (Lipinski definition) is 4. The predicted octanol–water partition coefficient (Wildman–Crippen LogP) is 2.15. The molecular weight excluding hydrogens is 194 g/mol. The summed E-state index contributed by atoms with van der Waals surface area (Å²) in [5.74, 6) is 0. The van der Waals surface area contributed by atoms with E-state index in [1.165, 1.54) is 5.34 Å². The lowest BCUT2D eigenvalue weighted by atomic mass is 10.1. The van der Waals surface area contributed by atoms with Gasteiger partial charge in [-0.25, -0.2) is 0 Å². The topological polar surface area (TPSA) is 102 Å². The third-order valence-electron chi connectivity index (χ3n) is 2.00. The van der Waals surface area contributed by atoms with Gasteiger partial charge in [-0.2, -0.15) is 0 Å². The van der Waals surface area contributed by atoms with Gasteiger partial charge in [-0.3, -0.25) is 0 Å². The summed E-state index contributed by atoms with van der Waals surface area (Å²) < 4.78 is 0. The number of hydrogen-bond donors (Lipinski definition) is 3. The fourth-order valence-electron chi connectivity index (χ4n) is 1.31. The van der Waals surface area contributed by atoms with E-state index in [9.17, 15) is 0 Å². The minimum absolute atomic E-state index is 0.647. The molecule has 0 unspecified atom stereocenters. The number of anilines is 2. The van der Waals surface area contributed by atoms with Gasteiger partial charge < -0.3 is 16.7 Å². The normalized spacial score (nSPS) is 9.07. The molecule has 0 aliphatic carbocycles. The second-order valence-electron chi connectivity index (χ2n) is 2.87. The number of nitrogen functional groups attached to an aromatic ring is 2. The number of rotatable bonds is 0. The lowest BCUT2D eigenvalue weighted by molar-refractivity contribution is 0.312. The maximum atomic E-state index is 8.11. The van der Waals surface area contributed by atoms with Gasteiger partial charge in [0.05, 0.1) is 11.4 Å². The fraction of sp³-hybridized carbons (Fsp3) is 0. The van der Waals surface area contributed by atoms with Crippen molar-refractivity contribution in [3.63, 3.8) is 0 Å². The monoisotopic (exact) mass is 205 g/mol. The summed E-state index contributed by atoms with van der Waals surface area (Å²) in [6, 6.07) is 11.7. The molecule has 2 aromatic carbocycles. The molecule has 0 spiro atoms. The van der Waals surface area contributed by atoms with E-state index in [4.69, 9.17) is 21.6 Å². The first-order chi connectivity index (χ1) is 7.20. The van der Waals surface area contributed by atoms with Crippen LogP contribution in [0.3, 0.4) is 0 Å². The van der Waals surface area contributed by atoms with Gasteiger partial charge >= 0.3 is 0 Å². The van der Waals surface area contributed by atoms with Gasteiger partial charge in [0.1, 0.15) is 0 Å². The van der Waals surface area contributed by atoms with Crippen molar-refractivity contribution >= 4 is 22.1 Å². The molecule has 0 amide bonds. The van der Waals surface area contributed by atoms with Crippen molar-refractivity contribution < 1.29 is 5.21 Å². The Morgan fingerprint density at radius 1 is 1.07 bits per heavy atom. The van der Waals surface area contributed by atoms with Crippen LogP contribution in [-0.2, 0) is 0 Å². The van der Waals surface area contributed by atoms with E-state index in [0.717, 1.165) is 10.8 Å². The summed E-state index contributed by atoms with van der Waals surface area (Å²) in [6.45, 7) is 0. The first kappa shape index (κ1) is 10.8. The molecule has 0 saturated carbocycles. The first-order valence-corrected chi connectivity index (χ1v) is 4.20. The third kappa shape index (κ3) is 2.34. The molecule has 5 heteroatoms. The lowest BCUT2D eigenvalue weighted by Gasteiger charge is -2.03. The predicted molar refractivity (Wildman–Crippen MR) is 60.4 cm³/mol. The van der Waals surface area contributed by atoms with E-state index >= 15 is 0 Å². The summed E-state index contributed by atoms with van der Waals surface area (Å²) in [5.41, 5.74) is 12.8. The molecule has 0 radical (unpaired) electrons. The Kier molecular flexibility index (Phi) is 3.45. The smallest absolute Gasteiger partial charge is 0.152 e. The Balaban J connectivity index is 0.000000337. The highest BCUT2D eigenvalue weighted by atomic mass is 16.6. The fourth-order valence-corrected chi connectivity index (χ4v) is 1.31. The minimum atomic E-state index is 0.647. The van der Waals surface area contributed by atoms with Gasteiger partial charge in [0.25, 0.3) is 0 Å². The number of benzene rings is 2. The van der Waals surface area contributed by atoms with Gasteiger partial charge in [0, 0.05) is 5.39 Å². The highest BCUT2D eigenvalue weighted by Crippen LogP contribution is 2.25. The number of nitrogens with zero attached hydrogens (tertiary/aromatic N) is 1. The Labute approximate surface area is 86.2 Å². The highest BCUT2D eigenvalue weighted by Gasteiger charge is 1.98. The van der Waals surface area contributed by atoms with E-state index in [-0.39, 0.29) is 0 Å². The Morgan fingerprint density at radius 2 is 1.67 bits per heavy atom. The number of fused-ring (bicyclic) bond motifs is 1. The van der Waals surface area contributed by atoms with E-state index < -0.39 is 0 Å².